The maximum atomic E-state index is 10.7. The lowest BCUT2D eigenvalue weighted by molar-refractivity contribution is 0.0652. The highest BCUT2D eigenvalue weighted by Crippen LogP contribution is 2.14. The summed E-state index contributed by atoms with van der Waals surface area (Å²) in [7, 11) is 1.59. The van der Waals surface area contributed by atoms with Gasteiger partial charge in [-0.2, -0.15) is 5.10 Å². The first-order chi connectivity index (χ1) is 7.66. The van der Waals surface area contributed by atoms with Gasteiger partial charge >= 0.3 is 5.97 Å². The van der Waals surface area contributed by atoms with Crippen molar-refractivity contribution >= 4 is 17.6 Å². The monoisotopic (exact) mass is 248 g/mol. The van der Waals surface area contributed by atoms with Gasteiger partial charge in [0.15, 0.2) is 0 Å². The van der Waals surface area contributed by atoms with Crippen LogP contribution in [-0.2, 0) is 16.0 Å². The molecule has 0 aliphatic rings. The summed E-state index contributed by atoms with van der Waals surface area (Å²) in [6.45, 7) is 1.83. The van der Waals surface area contributed by atoms with E-state index in [1.54, 1.807) is 7.11 Å². The van der Waals surface area contributed by atoms with Crippen LogP contribution in [0.1, 0.15) is 10.4 Å². The summed E-state index contributed by atoms with van der Waals surface area (Å²) in [4.78, 5) is 10.7. The number of ether oxygens (including phenoxy) is 2. The minimum atomic E-state index is -1.09. The molecule has 90 valence electrons. The van der Waals surface area contributed by atoms with Crippen molar-refractivity contribution in [2.45, 2.75) is 6.54 Å². The van der Waals surface area contributed by atoms with Gasteiger partial charge in [0.1, 0.15) is 10.7 Å². The summed E-state index contributed by atoms with van der Waals surface area (Å²) in [6.07, 6.45) is 1.22. The van der Waals surface area contributed by atoms with Crippen molar-refractivity contribution in [2.24, 2.45) is 0 Å². The van der Waals surface area contributed by atoms with Gasteiger partial charge in [0.25, 0.3) is 0 Å². The molecule has 1 aromatic heterocycles. The Hall–Kier alpha value is -1.11. The molecule has 0 unspecified atom stereocenters. The molecule has 0 radical (unpaired) electrons. The van der Waals surface area contributed by atoms with E-state index in [0.717, 1.165) is 0 Å². The van der Waals surface area contributed by atoms with E-state index >= 15 is 0 Å². The molecular formula is C9H13ClN2O4. The third kappa shape index (κ3) is 3.48. The number of carboxylic acid groups (broad SMARTS) is 1. The van der Waals surface area contributed by atoms with E-state index in [0.29, 0.717) is 26.4 Å². The molecule has 1 N–H and O–H groups in total. The Morgan fingerprint density at radius 1 is 1.56 bits per heavy atom. The van der Waals surface area contributed by atoms with Gasteiger partial charge in [-0.05, 0) is 0 Å². The second-order valence-electron chi connectivity index (χ2n) is 2.98. The molecule has 0 bridgehead atoms. The summed E-state index contributed by atoms with van der Waals surface area (Å²) in [6, 6.07) is 0. The second kappa shape index (κ2) is 6.47. The maximum absolute atomic E-state index is 10.7. The van der Waals surface area contributed by atoms with Crippen LogP contribution in [0.5, 0.6) is 0 Å². The van der Waals surface area contributed by atoms with Gasteiger partial charge in [0, 0.05) is 7.11 Å². The summed E-state index contributed by atoms with van der Waals surface area (Å²) in [5.41, 5.74) is -0.00134. The van der Waals surface area contributed by atoms with E-state index in [9.17, 15) is 4.79 Å². The Labute approximate surface area is 97.7 Å². The number of hydrogen-bond donors (Lipinski definition) is 1. The van der Waals surface area contributed by atoms with Crippen molar-refractivity contribution in [3.05, 3.63) is 16.9 Å². The van der Waals surface area contributed by atoms with Crippen LogP contribution in [0.3, 0.4) is 0 Å². The lowest BCUT2D eigenvalue weighted by atomic mass is 10.4. The predicted octanol–water partition coefficient (Wildman–Crippen LogP) is 0.898. The Morgan fingerprint density at radius 2 is 2.31 bits per heavy atom. The van der Waals surface area contributed by atoms with Crippen LogP contribution in [0.2, 0.25) is 5.15 Å². The Bertz CT molecular complexity index is 353. The standard InChI is InChI=1S/C9H13ClN2O4/c1-15-4-5-16-3-2-12-8(10)7(6-11-12)9(13)14/h6H,2-5H2,1H3,(H,13,14). The van der Waals surface area contributed by atoms with E-state index in [-0.39, 0.29) is 10.7 Å². The molecule has 0 fully saturated rings. The van der Waals surface area contributed by atoms with Crippen LogP contribution in [0.4, 0.5) is 0 Å². The topological polar surface area (TPSA) is 73.6 Å². The fourth-order valence-electron chi connectivity index (χ4n) is 1.07. The molecule has 0 aromatic carbocycles. The molecule has 0 amide bonds. The van der Waals surface area contributed by atoms with Crippen molar-refractivity contribution in [1.82, 2.24) is 9.78 Å². The van der Waals surface area contributed by atoms with Crippen LogP contribution in [0.25, 0.3) is 0 Å². The molecule has 7 heteroatoms. The molecule has 1 heterocycles. The van der Waals surface area contributed by atoms with Crippen molar-refractivity contribution < 1.29 is 19.4 Å². The highest BCUT2D eigenvalue weighted by molar-refractivity contribution is 6.32. The van der Waals surface area contributed by atoms with Crippen LogP contribution >= 0.6 is 11.6 Å². The summed E-state index contributed by atoms with van der Waals surface area (Å²) in [5, 5.41) is 12.7. The minimum absolute atomic E-state index is 0.00134. The van der Waals surface area contributed by atoms with E-state index in [1.165, 1.54) is 10.9 Å². The van der Waals surface area contributed by atoms with Crippen molar-refractivity contribution in [2.75, 3.05) is 26.9 Å². The number of aromatic carboxylic acids is 1. The first-order valence-electron chi connectivity index (χ1n) is 4.68. The van der Waals surface area contributed by atoms with E-state index in [4.69, 9.17) is 26.2 Å². The summed E-state index contributed by atoms with van der Waals surface area (Å²) in [5.74, 6) is -1.09. The number of hydrogen-bond acceptors (Lipinski definition) is 4. The lowest BCUT2D eigenvalue weighted by Gasteiger charge is -2.04. The van der Waals surface area contributed by atoms with E-state index in [1.807, 2.05) is 0 Å². The molecule has 6 nitrogen and oxygen atoms in total. The van der Waals surface area contributed by atoms with Gasteiger partial charge in [0.05, 0.1) is 32.6 Å². The lowest BCUT2D eigenvalue weighted by Crippen LogP contribution is -2.10. The zero-order chi connectivity index (χ0) is 12.0. The molecule has 1 rings (SSSR count). The smallest absolute Gasteiger partial charge is 0.340 e. The number of nitrogens with zero attached hydrogens (tertiary/aromatic N) is 2. The predicted molar refractivity (Wildman–Crippen MR) is 56.9 cm³/mol. The second-order valence-corrected chi connectivity index (χ2v) is 3.34. The first-order valence-corrected chi connectivity index (χ1v) is 5.06. The zero-order valence-corrected chi connectivity index (χ0v) is 9.61. The SMILES string of the molecule is COCCOCCn1ncc(C(=O)O)c1Cl. The van der Waals surface area contributed by atoms with Crippen LogP contribution in [0.15, 0.2) is 6.20 Å². The maximum Gasteiger partial charge on any atom is 0.340 e. The van der Waals surface area contributed by atoms with E-state index < -0.39 is 5.97 Å². The number of halogens is 1. The van der Waals surface area contributed by atoms with Crippen LogP contribution < -0.4 is 0 Å². The Kier molecular flexibility index (Phi) is 5.24. The van der Waals surface area contributed by atoms with Crippen LogP contribution in [0, 0.1) is 0 Å². The van der Waals surface area contributed by atoms with Crippen molar-refractivity contribution in [3.8, 4) is 0 Å². The van der Waals surface area contributed by atoms with Gasteiger partial charge in [-0.25, -0.2) is 4.79 Å². The highest BCUT2D eigenvalue weighted by atomic mass is 35.5. The van der Waals surface area contributed by atoms with Gasteiger partial charge in [-0.15, -0.1) is 0 Å². The molecule has 1 aromatic rings. The third-order valence-electron chi connectivity index (χ3n) is 1.88. The quantitative estimate of drug-likeness (QED) is 0.726. The molecule has 0 saturated heterocycles. The summed E-state index contributed by atoms with van der Waals surface area (Å²) < 4.78 is 11.4. The molecule has 0 spiro atoms. The number of carboxylic acids is 1. The third-order valence-corrected chi connectivity index (χ3v) is 2.28. The summed E-state index contributed by atoms with van der Waals surface area (Å²) >= 11 is 5.80. The molecule has 0 saturated carbocycles. The van der Waals surface area contributed by atoms with Crippen molar-refractivity contribution in [1.29, 1.82) is 0 Å². The van der Waals surface area contributed by atoms with Gasteiger partial charge in [-0.3, -0.25) is 4.68 Å². The average Bonchev–Trinajstić information content (AvgIpc) is 2.60. The molecular weight excluding hydrogens is 236 g/mol. The van der Waals surface area contributed by atoms with Gasteiger partial charge in [0.2, 0.25) is 0 Å². The average molecular weight is 249 g/mol. The molecule has 0 atom stereocenters. The Balaban J connectivity index is 2.40. The van der Waals surface area contributed by atoms with Crippen LogP contribution in [-0.4, -0.2) is 47.8 Å². The molecule has 16 heavy (non-hydrogen) atoms. The number of rotatable bonds is 7. The fourth-order valence-corrected chi connectivity index (χ4v) is 1.32. The normalized spacial score (nSPS) is 10.6. The fraction of sp³-hybridized carbons (Fsp3) is 0.556. The Morgan fingerprint density at radius 3 is 2.88 bits per heavy atom. The highest BCUT2D eigenvalue weighted by Gasteiger charge is 2.14. The largest absolute Gasteiger partial charge is 0.478 e. The number of aromatic nitrogens is 2. The molecule has 0 aliphatic carbocycles. The van der Waals surface area contributed by atoms with E-state index in [2.05, 4.69) is 5.10 Å². The first kappa shape index (κ1) is 13.0. The molecule has 0 aliphatic heterocycles. The minimum Gasteiger partial charge on any atom is -0.478 e. The zero-order valence-electron chi connectivity index (χ0n) is 8.85. The van der Waals surface area contributed by atoms with Gasteiger partial charge < -0.3 is 14.6 Å². The van der Waals surface area contributed by atoms with Crippen molar-refractivity contribution in [3.63, 3.8) is 0 Å². The number of methoxy groups -OCH3 is 1. The number of carbonyl (C=O) groups is 1. The van der Waals surface area contributed by atoms with Gasteiger partial charge in [-0.1, -0.05) is 11.6 Å².